The van der Waals surface area contributed by atoms with Gasteiger partial charge >= 0.3 is 0 Å². The molecule has 1 aromatic rings. The minimum Gasteiger partial charge on any atom is -0.349 e. The number of rotatable bonds is 3. The fourth-order valence-electron chi connectivity index (χ4n) is 4.59. The number of nitrogens with zero attached hydrogens (tertiary/aromatic N) is 1. The normalized spacial score (nSPS) is 22.0. The lowest BCUT2D eigenvalue weighted by Crippen LogP contribution is -2.38. The molecular formula is C20H26N2O2. The van der Waals surface area contributed by atoms with Crippen molar-refractivity contribution in [2.75, 3.05) is 0 Å². The molecule has 0 bridgehead atoms. The van der Waals surface area contributed by atoms with Gasteiger partial charge in [-0.1, -0.05) is 44.2 Å². The molecule has 0 aromatic heterocycles. The maximum absolute atomic E-state index is 13.0. The summed E-state index contributed by atoms with van der Waals surface area (Å²) < 4.78 is 0. The first-order valence-electron chi connectivity index (χ1n) is 9.48. The van der Waals surface area contributed by atoms with Crippen LogP contribution in [0, 0.1) is 0 Å². The minimum absolute atomic E-state index is 0.0640. The van der Waals surface area contributed by atoms with Crippen LogP contribution in [-0.4, -0.2) is 28.8 Å². The molecule has 2 aliphatic carbocycles. The molecule has 4 nitrogen and oxygen atoms in total. The van der Waals surface area contributed by atoms with Gasteiger partial charge in [-0.3, -0.25) is 9.59 Å². The molecule has 1 aliphatic heterocycles. The Morgan fingerprint density at radius 1 is 1.00 bits per heavy atom. The van der Waals surface area contributed by atoms with Crippen molar-refractivity contribution in [1.82, 2.24) is 10.2 Å². The van der Waals surface area contributed by atoms with Crippen LogP contribution in [0.15, 0.2) is 18.2 Å². The number of hydrogen-bond donors (Lipinski definition) is 1. The fraction of sp³-hybridized carbons (Fsp3) is 0.600. The summed E-state index contributed by atoms with van der Waals surface area (Å²) in [7, 11) is 0. The molecule has 2 saturated carbocycles. The van der Waals surface area contributed by atoms with Crippen LogP contribution >= 0.6 is 0 Å². The Labute approximate surface area is 143 Å². The fourth-order valence-corrected chi connectivity index (χ4v) is 4.59. The van der Waals surface area contributed by atoms with Gasteiger partial charge in [-0.25, -0.2) is 0 Å². The summed E-state index contributed by atoms with van der Waals surface area (Å²) in [6, 6.07) is 6.36. The lowest BCUT2D eigenvalue weighted by molar-refractivity contribution is 0.0656. The molecule has 0 atom stereocenters. The SMILES string of the molecule is O=C(NC1CCCC1)c1cccc2c1C(=O)N(C1CCCCC1)C2. The highest BCUT2D eigenvalue weighted by Gasteiger charge is 2.36. The van der Waals surface area contributed by atoms with Crippen LogP contribution in [0.3, 0.4) is 0 Å². The first-order chi connectivity index (χ1) is 11.7. The van der Waals surface area contributed by atoms with Gasteiger partial charge in [0, 0.05) is 18.6 Å². The topological polar surface area (TPSA) is 49.4 Å². The van der Waals surface area contributed by atoms with E-state index in [1.807, 2.05) is 23.1 Å². The largest absolute Gasteiger partial charge is 0.349 e. The zero-order valence-electron chi connectivity index (χ0n) is 14.2. The number of benzene rings is 1. The average molecular weight is 326 g/mol. The summed E-state index contributed by atoms with van der Waals surface area (Å²) in [6.07, 6.45) is 10.4. The lowest BCUT2D eigenvalue weighted by atomic mass is 9.94. The zero-order chi connectivity index (χ0) is 16.5. The van der Waals surface area contributed by atoms with Crippen molar-refractivity contribution < 1.29 is 9.59 Å². The van der Waals surface area contributed by atoms with Crippen molar-refractivity contribution >= 4 is 11.8 Å². The summed E-state index contributed by atoms with van der Waals surface area (Å²) in [6.45, 7) is 0.670. The van der Waals surface area contributed by atoms with Crippen molar-refractivity contribution in [3.8, 4) is 0 Å². The first kappa shape index (κ1) is 15.7. The maximum atomic E-state index is 13.0. The quantitative estimate of drug-likeness (QED) is 0.922. The van der Waals surface area contributed by atoms with E-state index in [4.69, 9.17) is 0 Å². The monoisotopic (exact) mass is 326 g/mol. The molecule has 128 valence electrons. The van der Waals surface area contributed by atoms with Gasteiger partial charge in [0.05, 0.1) is 11.1 Å². The van der Waals surface area contributed by atoms with Crippen molar-refractivity contribution in [3.05, 3.63) is 34.9 Å². The van der Waals surface area contributed by atoms with Crippen molar-refractivity contribution in [2.45, 2.75) is 76.4 Å². The molecule has 1 heterocycles. The van der Waals surface area contributed by atoms with Gasteiger partial charge in [0.15, 0.2) is 0 Å². The second-order valence-electron chi connectivity index (χ2n) is 7.52. The molecule has 0 unspecified atom stereocenters. The second kappa shape index (κ2) is 6.58. The van der Waals surface area contributed by atoms with Gasteiger partial charge in [-0.15, -0.1) is 0 Å². The molecule has 1 aromatic carbocycles. The predicted octanol–water partition coefficient (Wildman–Crippen LogP) is 3.65. The highest BCUT2D eigenvalue weighted by atomic mass is 16.2. The van der Waals surface area contributed by atoms with Crippen LogP contribution in [0.25, 0.3) is 0 Å². The molecule has 0 spiro atoms. The predicted molar refractivity (Wildman–Crippen MR) is 92.9 cm³/mol. The van der Waals surface area contributed by atoms with Crippen molar-refractivity contribution in [2.24, 2.45) is 0 Å². The Bertz CT molecular complexity index is 643. The molecule has 2 fully saturated rings. The summed E-state index contributed by atoms with van der Waals surface area (Å²) in [4.78, 5) is 27.7. The van der Waals surface area contributed by atoms with Gasteiger partial charge in [-0.2, -0.15) is 0 Å². The molecule has 24 heavy (non-hydrogen) atoms. The average Bonchev–Trinajstić information content (AvgIpc) is 3.23. The Kier molecular flexibility index (Phi) is 4.30. The van der Waals surface area contributed by atoms with Crippen LogP contribution in [0.4, 0.5) is 0 Å². The minimum atomic E-state index is -0.0717. The van der Waals surface area contributed by atoms with Crippen LogP contribution in [0.5, 0.6) is 0 Å². The van der Waals surface area contributed by atoms with Crippen LogP contribution in [0.1, 0.15) is 84.1 Å². The molecular weight excluding hydrogens is 300 g/mol. The molecule has 3 aliphatic rings. The summed E-state index contributed by atoms with van der Waals surface area (Å²) >= 11 is 0. The smallest absolute Gasteiger partial charge is 0.255 e. The van der Waals surface area contributed by atoms with E-state index in [9.17, 15) is 9.59 Å². The van der Waals surface area contributed by atoms with E-state index in [0.717, 1.165) is 31.2 Å². The number of nitrogens with one attached hydrogen (secondary N) is 1. The van der Waals surface area contributed by atoms with E-state index in [2.05, 4.69) is 5.32 Å². The van der Waals surface area contributed by atoms with Crippen LogP contribution < -0.4 is 5.32 Å². The van der Waals surface area contributed by atoms with E-state index in [0.29, 0.717) is 23.7 Å². The van der Waals surface area contributed by atoms with Crippen LogP contribution in [-0.2, 0) is 6.54 Å². The Morgan fingerprint density at radius 2 is 1.71 bits per heavy atom. The Hall–Kier alpha value is -1.84. The van der Waals surface area contributed by atoms with E-state index in [-0.39, 0.29) is 17.9 Å². The number of fused-ring (bicyclic) bond motifs is 1. The molecule has 4 rings (SSSR count). The van der Waals surface area contributed by atoms with E-state index in [1.54, 1.807) is 0 Å². The highest BCUT2D eigenvalue weighted by Crippen LogP contribution is 2.32. The number of amides is 2. The number of hydrogen-bond acceptors (Lipinski definition) is 2. The third-order valence-corrected chi connectivity index (χ3v) is 5.92. The molecule has 0 radical (unpaired) electrons. The maximum Gasteiger partial charge on any atom is 0.255 e. The summed E-state index contributed by atoms with van der Waals surface area (Å²) in [5, 5.41) is 3.13. The summed E-state index contributed by atoms with van der Waals surface area (Å²) in [5.41, 5.74) is 2.24. The van der Waals surface area contributed by atoms with Gasteiger partial charge in [0.1, 0.15) is 0 Å². The Balaban J connectivity index is 1.56. The number of carbonyl (C=O) groups is 2. The van der Waals surface area contributed by atoms with E-state index < -0.39 is 0 Å². The first-order valence-corrected chi connectivity index (χ1v) is 9.48. The second-order valence-corrected chi connectivity index (χ2v) is 7.52. The molecule has 0 saturated heterocycles. The van der Waals surface area contributed by atoms with Crippen molar-refractivity contribution in [1.29, 1.82) is 0 Å². The summed E-state index contributed by atoms with van der Waals surface area (Å²) in [5.74, 6) is -0.00772. The van der Waals surface area contributed by atoms with Gasteiger partial charge < -0.3 is 10.2 Å². The van der Waals surface area contributed by atoms with E-state index >= 15 is 0 Å². The zero-order valence-corrected chi connectivity index (χ0v) is 14.2. The molecule has 1 N–H and O–H groups in total. The Morgan fingerprint density at radius 3 is 2.46 bits per heavy atom. The van der Waals surface area contributed by atoms with Crippen LogP contribution in [0.2, 0.25) is 0 Å². The number of carbonyl (C=O) groups excluding carboxylic acids is 2. The van der Waals surface area contributed by atoms with Gasteiger partial charge in [0.2, 0.25) is 0 Å². The highest BCUT2D eigenvalue weighted by molar-refractivity contribution is 6.09. The van der Waals surface area contributed by atoms with Gasteiger partial charge in [0.25, 0.3) is 11.8 Å². The lowest BCUT2D eigenvalue weighted by Gasteiger charge is -2.31. The molecule has 2 amide bonds. The standard InChI is InChI=1S/C20H26N2O2/c23-19(21-15-8-4-5-9-15)17-12-6-7-14-13-22(20(24)18(14)17)16-10-2-1-3-11-16/h6-7,12,15-16H,1-5,8-11,13H2,(H,21,23). The molecule has 4 heteroatoms. The van der Waals surface area contributed by atoms with Crippen molar-refractivity contribution in [3.63, 3.8) is 0 Å². The van der Waals surface area contributed by atoms with Gasteiger partial charge in [-0.05, 0) is 37.3 Å². The third-order valence-electron chi connectivity index (χ3n) is 5.92. The van der Waals surface area contributed by atoms with E-state index in [1.165, 1.54) is 32.1 Å². The third kappa shape index (κ3) is 2.83.